The Morgan fingerprint density at radius 3 is 2.89 bits per heavy atom. The zero-order valence-corrected chi connectivity index (χ0v) is 16.4. The van der Waals surface area contributed by atoms with Crippen molar-refractivity contribution in [3.63, 3.8) is 0 Å². The molecule has 28 heavy (non-hydrogen) atoms. The highest BCUT2D eigenvalue weighted by atomic mass is 16.5. The number of fused-ring (bicyclic) bond motifs is 1. The second kappa shape index (κ2) is 8.71. The van der Waals surface area contributed by atoms with Gasteiger partial charge in [0, 0.05) is 19.3 Å². The lowest BCUT2D eigenvalue weighted by Gasteiger charge is -2.41. The van der Waals surface area contributed by atoms with E-state index in [2.05, 4.69) is 51.7 Å². The lowest BCUT2D eigenvalue weighted by atomic mass is 9.98. The van der Waals surface area contributed by atoms with Gasteiger partial charge in [-0.1, -0.05) is 37.3 Å². The zero-order valence-electron chi connectivity index (χ0n) is 16.4. The Morgan fingerprint density at radius 1 is 1.25 bits per heavy atom. The van der Waals surface area contributed by atoms with Crippen molar-refractivity contribution in [3.8, 4) is 0 Å². The van der Waals surface area contributed by atoms with Gasteiger partial charge in [0.1, 0.15) is 5.82 Å². The summed E-state index contributed by atoms with van der Waals surface area (Å²) in [5, 5.41) is 5.83. The molecule has 6 heteroatoms. The van der Waals surface area contributed by atoms with E-state index in [1.54, 1.807) is 0 Å². The Hall–Kier alpha value is -2.44. The van der Waals surface area contributed by atoms with Gasteiger partial charge in [0.15, 0.2) is 0 Å². The normalized spacial score (nSPS) is 21.9. The van der Waals surface area contributed by atoms with Crippen LogP contribution in [0.3, 0.4) is 0 Å². The van der Waals surface area contributed by atoms with Crippen molar-refractivity contribution < 1.29 is 9.53 Å². The van der Waals surface area contributed by atoms with Crippen LogP contribution in [0.2, 0.25) is 0 Å². The number of morpholine rings is 1. The number of aromatic nitrogens is 1. The van der Waals surface area contributed by atoms with Gasteiger partial charge < -0.3 is 10.1 Å². The molecule has 2 N–H and O–H groups in total. The molecule has 1 fully saturated rings. The molecule has 1 saturated heterocycles. The topological polar surface area (TPSA) is 66.5 Å². The van der Waals surface area contributed by atoms with Gasteiger partial charge >= 0.3 is 6.03 Å². The molecule has 2 heterocycles. The summed E-state index contributed by atoms with van der Waals surface area (Å²) in [5.41, 5.74) is 3.81. The van der Waals surface area contributed by atoms with Crippen molar-refractivity contribution >= 4 is 11.8 Å². The third-order valence-corrected chi connectivity index (χ3v) is 5.68. The number of nitrogens with one attached hydrogen (secondary N) is 2. The average molecular weight is 380 g/mol. The molecular formula is C22H28N4O2. The van der Waals surface area contributed by atoms with Crippen molar-refractivity contribution in [2.45, 2.75) is 38.3 Å². The van der Waals surface area contributed by atoms with E-state index in [-0.39, 0.29) is 18.2 Å². The maximum absolute atomic E-state index is 12.4. The molecule has 1 aromatic heterocycles. The minimum absolute atomic E-state index is 0.0881. The van der Waals surface area contributed by atoms with Crippen molar-refractivity contribution in [1.29, 1.82) is 0 Å². The highest BCUT2D eigenvalue weighted by Gasteiger charge is 2.32. The van der Waals surface area contributed by atoms with Gasteiger partial charge in [0.05, 0.1) is 18.8 Å². The summed E-state index contributed by atoms with van der Waals surface area (Å²) >= 11 is 0. The van der Waals surface area contributed by atoms with Crippen LogP contribution in [0.1, 0.15) is 36.1 Å². The molecule has 6 nitrogen and oxygen atoms in total. The molecule has 0 bridgehead atoms. The Bertz CT molecular complexity index is 811. The van der Waals surface area contributed by atoms with E-state index in [4.69, 9.17) is 4.74 Å². The van der Waals surface area contributed by atoms with E-state index in [9.17, 15) is 4.79 Å². The lowest BCUT2D eigenvalue weighted by molar-refractivity contribution is -0.0680. The van der Waals surface area contributed by atoms with Crippen LogP contribution in [0.15, 0.2) is 42.6 Å². The fraction of sp³-hybridized carbons (Fsp3) is 0.455. The molecule has 148 valence electrons. The zero-order chi connectivity index (χ0) is 19.3. The first-order chi connectivity index (χ1) is 13.7. The van der Waals surface area contributed by atoms with Crippen molar-refractivity contribution in [2.24, 2.45) is 0 Å². The number of nitrogens with zero attached hydrogens (tertiary/aromatic N) is 2. The van der Waals surface area contributed by atoms with Crippen LogP contribution in [0, 0.1) is 0 Å². The number of rotatable bonds is 5. The van der Waals surface area contributed by atoms with Crippen LogP contribution >= 0.6 is 0 Å². The summed E-state index contributed by atoms with van der Waals surface area (Å²) < 4.78 is 6.04. The average Bonchev–Trinajstić information content (AvgIpc) is 3.20. The van der Waals surface area contributed by atoms with Crippen LogP contribution in [-0.2, 0) is 17.6 Å². The predicted octanol–water partition coefficient (Wildman–Crippen LogP) is 3.15. The number of urea groups is 1. The molecule has 0 spiro atoms. The van der Waals surface area contributed by atoms with Gasteiger partial charge in [0.2, 0.25) is 0 Å². The minimum atomic E-state index is -0.241. The first-order valence-electron chi connectivity index (χ1n) is 10.2. The Labute approximate surface area is 166 Å². The third kappa shape index (κ3) is 4.18. The van der Waals surface area contributed by atoms with Crippen molar-refractivity contribution in [3.05, 3.63) is 59.3 Å². The van der Waals surface area contributed by atoms with Gasteiger partial charge in [-0.05, 0) is 48.6 Å². The second-order valence-electron chi connectivity index (χ2n) is 7.42. The fourth-order valence-corrected chi connectivity index (χ4v) is 4.26. The van der Waals surface area contributed by atoms with Crippen LogP contribution in [0.5, 0.6) is 0 Å². The summed E-state index contributed by atoms with van der Waals surface area (Å²) in [6, 6.07) is 12.3. The van der Waals surface area contributed by atoms with Gasteiger partial charge in [-0.3, -0.25) is 10.2 Å². The minimum Gasteiger partial charge on any atom is -0.373 e. The van der Waals surface area contributed by atoms with Crippen LogP contribution in [-0.4, -0.2) is 48.3 Å². The number of anilines is 1. The number of pyridine rings is 1. The van der Waals surface area contributed by atoms with Gasteiger partial charge in [-0.2, -0.15) is 0 Å². The molecule has 1 aliphatic carbocycles. The number of benzene rings is 1. The quantitative estimate of drug-likeness (QED) is 0.836. The van der Waals surface area contributed by atoms with Gasteiger partial charge in [0.25, 0.3) is 0 Å². The molecule has 0 saturated carbocycles. The van der Waals surface area contributed by atoms with E-state index in [0.717, 1.165) is 25.9 Å². The molecule has 2 aromatic rings. The van der Waals surface area contributed by atoms with Crippen LogP contribution < -0.4 is 10.6 Å². The Kier molecular flexibility index (Phi) is 5.88. The van der Waals surface area contributed by atoms with Crippen LogP contribution in [0.4, 0.5) is 10.6 Å². The monoisotopic (exact) mass is 380 g/mol. The number of carbonyl (C=O) groups excluding carboxylic acids is 1. The molecule has 2 aliphatic rings. The lowest BCUT2D eigenvalue weighted by Crippen LogP contribution is -2.50. The molecular weight excluding hydrogens is 352 g/mol. The predicted molar refractivity (Wildman–Crippen MR) is 109 cm³/mol. The highest BCUT2D eigenvalue weighted by Crippen LogP contribution is 2.29. The SMILES string of the molecule is CCN1CCO[C@@H](CNC(=O)Nc2cc3c(cn2)CCC3)[C@@H]1c1ccccc1. The number of hydrogen-bond acceptors (Lipinski definition) is 4. The van der Waals surface area contributed by atoms with Crippen molar-refractivity contribution in [2.75, 3.05) is 31.6 Å². The van der Waals surface area contributed by atoms with Crippen molar-refractivity contribution in [1.82, 2.24) is 15.2 Å². The maximum atomic E-state index is 12.4. The first kappa shape index (κ1) is 18.9. The van der Waals surface area contributed by atoms with Gasteiger partial charge in [-0.15, -0.1) is 0 Å². The first-order valence-corrected chi connectivity index (χ1v) is 10.2. The number of hydrogen-bond donors (Lipinski definition) is 2. The molecule has 1 aliphatic heterocycles. The highest BCUT2D eigenvalue weighted by molar-refractivity contribution is 5.88. The molecule has 2 atom stereocenters. The third-order valence-electron chi connectivity index (χ3n) is 5.68. The maximum Gasteiger partial charge on any atom is 0.320 e. The number of carbonyl (C=O) groups is 1. The molecule has 1 aromatic carbocycles. The number of ether oxygens (including phenoxy) is 1. The van der Waals surface area contributed by atoms with E-state index in [0.29, 0.717) is 19.0 Å². The fourth-order valence-electron chi connectivity index (χ4n) is 4.26. The Balaban J connectivity index is 1.39. The summed E-state index contributed by atoms with van der Waals surface area (Å²) in [7, 11) is 0. The molecule has 0 radical (unpaired) electrons. The molecule has 0 unspecified atom stereocenters. The van der Waals surface area contributed by atoms with E-state index < -0.39 is 0 Å². The summed E-state index contributed by atoms with van der Waals surface area (Å²) in [6.45, 7) is 5.14. The molecule has 4 rings (SSSR count). The van der Waals surface area contributed by atoms with E-state index >= 15 is 0 Å². The van der Waals surface area contributed by atoms with Gasteiger partial charge in [-0.25, -0.2) is 9.78 Å². The number of likely N-dealkylation sites (N-methyl/N-ethyl adjacent to an activating group) is 1. The number of amides is 2. The largest absolute Gasteiger partial charge is 0.373 e. The summed E-state index contributed by atoms with van der Waals surface area (Å²) in [5.74, 6) is 0.609. The standard InChI is InChI=1S/C22H28N4O2/c1-2-26-11-12-28-19(21(26)16-7-4-3-5-8-16)15-24-22(27)25-20-13-17-9-6-10-18(17)14-23-20/h3-5,7-8,13-14,19,21H,2,6,9-12,15H2,1H3,(H2,23,24,25,27)/t19-,21-/m0/s1. The Morgan fingerprint density at radius 2 is 2.07 bits per heavy atom. The van der Waals surface area contributed by atoms with E-state index in [1.807, 2.05) is 18.3 Å². The number of aryl methyl sites for hydroxylation is 2. The second-order valence-corrected chi connectivity index (χ2v) is 7.42. The summed E-state index contributed by atoms with van der Waals surface area (Å²) in [6.07, 6.45) is 5.11. The molecule has 2 amide bonds. The summed E-state index contributed by atoms with van der Waals surface area (Å²) in [4.78, 5) is 19.2. The van der Waals surface area contributed by atoms with E-state index in [1.165, 1.54) is 23.1 Å². The van der Waals surface area contributed by atoms with Crippen LogP contribution in [0.25, 0.3) is 0 Å². The smallest absolute Gasteiger partial charge is 0.320 e.